The zero-order valence-electron chi connectivity index (χ0n) is 8.47. The summed E-state index contributed by atoms with van der Waals surface area (Å²) in [7, 11) is 0. The maximum atomic E-state index is 10.7. The van der Waals surface area contributed by atoms with E-state index in [0.717, 1.165) is 5.69 Å². The number of pyridine rings is 1. The van der Waals surface area contributed by atoms with E-state index in [1.165, 1.54) is 0 Å². The summed E-state index contributed by atoms with van der Waals surface area (Å²) < 4.78 is 0. The Morgan fingerprint density at radius 1 is 1.50 bits per heavy atom. The number of hydrogen-bond acceptors (Lipinski definition) is 2. The van der Waals surface area contributed by atoms with Gasteiger partial charge in [0.2, 0.25) is 0 Å². The Morgan fingerprint density at radius 2 is 2.21 bits per heavy atom. The zero-order chi connectivity index (χ0) is 10.6. The summed E-state index contributed by atoms with van der Waals surface area (Å²) in [5.74, 6) is -0.468. The van der Waals surface area contributed by atoms with Gasteiger partial charge < -0.3 is 5.11 Å². The molecule has 1 rings (SSSR count). The Morgan fingerprint density at radius 3 is 2.64 bits per heavy atom. The molecule has 14 heavy (non-hydrogen) atoms. The first-order valence-corrected chi connectivity index (χ1v) is 4.74. The largest absolute Gasteiger partial charge is 0.481 e. The Labute approximate surface area is 83.8 Å². The molecule has 0 amide bonds. The van der Waals surface area contributed by atoms with Crippen LogP contribution in [0.15, 0.2) is 24.4 Å². The SMILES string of the molecule is CC(C)C(CC(=O)O)c1ccccn1. The van der Waals surface area contributed by atoms with E-state index in [1.807, 2.05) is 32.0 Å². The number of hydrogen-bond donors (Lipinski definition) is 1. The van der Waals surface area contributed by atoms with Crippen molar-refractivity contribution in [3.05, 3.63) is 30.1 Å². The quantitative estimate of drug-likeness (QED) is 0.798. The average molecular weight is 193 g/mol. The van der Waals surface area contributed by atoms with E-state index in [4.69, 9.17) is 5.11 Å². The molecule has 0 saturated heterocycles. The molecule has 0 fully saturated rings. The molecule has 0 aliphatic carbocycles. The monoisotopic (exact) mass is 193 g/mol. The lowest BCUT2D eigenvalue weighted by Gasteiger charge is -2.17. The standard InChI is InChI=1S/C11H15NO2/c1-8(2)9(7-11(13)14)10-5-3-4-6-12-10/h3-6,8-9H,7H2,1-2H3,(H,13,14). The highest BCUT2D eigenvalue weighted by Crippen LogP contribution is 2.25. The molecule has 1 atom stereocenters. The van der Waals surface area contributed by atoms with Gasteiger partial charge in [-0.2, -0.15) is 0 Å². The fourth-order valence-corrected chi connectivity index (χ4v) is 1.47. The fraction of sp³-hybridized carbons (Fsp3) is 0.455. The molecule has 3 nitrogen and oxygen atoms in total. The van der Waals surface area contributed by atoms with Crippen molar-refractivity contribution in [2.24, 2.45) is 5.92 Å². The maximum absolute atomic E-state index is 10.7. The second-order valence-corrected chi connectivity index (χ2v) is 3.70. The molecule has 0 bridgehead atoms. The van der Waals surface area contributed by atoms with E-state index < -0.39 is 5.97 Å². The lowest BCUT2D eigenvalue weighted by molar-refractivity contribution is -0.137. The van der Waals surface area contributed by atoms with Gasteiger partial charge in [-0.1, -0.05) is 19.9 Å². The minimum atomic E-state index is -0.769. The number of aliphatic carboxylic acids is 1. The maximum Gasteiger partial charge on any atom is 0.304 e. The van der Waals surface area contributed by atoms with E-state index >= 15 is 0 Å². The van der Waals surface area contributed by atoms with Crippen molar-refractivity contribution in [2.45, 2.75) is 26.2 Å². The highest BCUT2D eigenvalue weighted by atomic mass is 16.4. The second-order valence-electron chi connectivity index (χ2n) is 3.70. The van der Waals surface area contributed by atoms with Crippen molar-refractivity contribution in [1.82, 2.24) is 4.98 Å². The molecule has 0 aliphatic heterocycles. The van der Waals surface area contributed by atoms with Gasteiger partial charge in [0.1, 0.15) is 0 Å². The van der Waals surface area contributed by atoms with Crippen LogP contribution in [-0.4, -0.2) is 16.1 Å². The van der Waals surface area contributed by atoms with Gasteiger partial charge in [-0.25, -0.2) is 0 Å². The van der Waals surface area contributed by atoms with Crippen LogP contribution in [0.1, 0.15) is 31.9 Å². The summed E-state index contributed by atoms with van der Waals surface area (Å²) in [6.07, 6.45) is 1.85. The topological polar surface area (TPSA) is 50.2 Å². The summed E-state index contributed by atoms with van der Waals surface area (Å²) in [6, 6.07) is 5.61. The summed E-state index contributed by atoms with van der Waals surface area (Å²) in [6.45, 7) is 4.03. The van der Waals surface area contributed by atoms with Crippen LogP contribution in [0.4, 0.5) is 0 Å². The van der Waals surface area contributed by atoms with E-state index in [9.17, 15) is 4.79 Å². The van der Waals surface area contributed by atoms with Crippen molar-refractivity contribution in [1.29, 1.82) is 0 Å². The van der Waals surface area contributed by atoms with Gasteiger partial charge >= 0.3 is 5.97 Å². The minimum absolute atomic E-state index is 0.00806. The van der Waals surface area contributed by atoms with Gasteiger partial charge in [0.05, 0.1) is 6.42 Å². The number of nitrogens with zero attached hydrogens (tertiary/aromatic N) is 1. The van der Waals surface area contributed by atoms with E-state index in [-0.39, 0.29) is 12.3 Å². The predicted octanol–water partition coefficient (Wildman–Crippen LogP) is 2.30. The van der Waals surface area contributed by atoms with Crippen LogP contribution in [0.2, 0.25) is 0 Å². The first kappa shape index (κ1) is 10.7. The van der Waals surface area contributed by atoms with Crippen molar-refractivity contribution < 1.29 is 9.90 Å². The van der Waals surface area contributed by atoms with Crippen LogP contribution in [-0.2, 0) is 4.79 Å². The van der Waals surface area contributed by atoms with Gasteiger partial charge in [-0.05, 0) is 18.1 Å². The van der Waals surface area contributed by atoms with Crippen molar-refractivity contribution in [3.8, 4) is 0 Å². The van der Waals surface area contributed by atoms with E-state index in [0.29, 0.717) is 5.92 Å². The number of carboxylic acid groups (broad SMARTS) is 1. The fourth-order valence-electron chi connectivity index (χ4n) is 1.47. The van der Waals surface area contributed by atoms with Crippen LogP contribution in [0, 0.1) is 5.92 Å². The van der Waals surface area contributed by atoms with Crippen molar-refractivity contribution in [3.63, 3.8) is 0 Å². The molecule has 3 heteroatoms. The Kier molecular flexibility index (Phi) is 3.63. The summed E-state index contributed by atoms with van der Waals surface area (Å²) in [4.78, 5) is 14.8. The van der Waals surface area contributed by atoms with Gasteiger partial charge in [-0.3, -0.25) is 9.78 Å². The molecular formula is C11H15NO2. The van der Waals surface area contributed by atoms with Crippen molar-refractivity contribution >= 4 is 5.97 Å². The Hall–Kier alpha value is -1.38. The molecule has 0 aromatic carbocycles. The molecule has 1 heterocycles. The summed E-state index contributed by atoms with van der Waals surface area (Å²) >= 11 is 0. The van der Waals surface area contributed by atoms with Gasteiger partial charge in [-0.15, -0.1) is 0 Å². The Balaban J connectivity index is 2.83. The van der Waals surface area contributed by atoms with Crippen LogP contribution in [0.25, 0.3) is 0 Å². The highest BCUT2D eigenvalue weighted by Gasteiger charge is 2.19. The summed E-state index contributed by atoms with van der Waals surface area (Å²) in [5, 5.41) is 8.77. The molecule has 1 aromatic heterocycles. The molecule has 76 valence electrons. The molecule has 0 aliphatic rings. The molecule has 0 radical (unpaired) electrons. The normalized spacial score (nSPS) is 12.8. The lowest BCUT2D eigenvalue weighted by Crippen LogP contribution is -2.13. The number of aromatic nitrogens is 1. The van der Waals surface area contributed by atoms with Crippen molar-refractivity contribution in [2.75, 3.05) is 0 Å². The van der Waals surface area contributed by atoms with Gasteiger partial charge in [0.15, 0.2) is 0 Å². The van der Waals surface area contributed by atoms with E-state index in [1.54, 1.807) is 6.20 Å². The van der Waals surface area contributed by atoms with Crippen LogP contribution >= 0.6 is 0 Å². The number of carboxylic acids is 1. The molecule has 1 unspecified atom stereocenters. The first-order chi connectivity index (χ1) is 6.61. The predicted molar refractivity (Wildman–Crippen MR) is 54.1 cm³/mol. The molecule has 1 aromatic rings. The third-order valence-electron chi connectivity index (χ3n) is 2.27. The van der Waals surface area contributed by atoms with Gasteiger partial charge in [0.25, 0.3) is 0 Å². The zero-order valence-corrected chi connectivity index (χ0v) is 8.47. The molecular weight excluding hydrogens is 178 g/mol. The van der Waals surface area contributed by atoms with Crippen LogP contribution in [0.5, 0.6) is 0 Å². The second kappa shape index (κ2) is 4.74. The molecule has 0 spiro atoms. The smallest absolute Gasteiger partial charge is 0.304 e. The third-order valence-corrected chi connectivity index (χ3v) is 2.27. The Bertz CT molecular complexity index is 295. The summed E-state index contributed by atoms with van der Waals surface area (Å²) in [5.41, 5.74) is 0.866. The van der Waals surface area contributed by atoms with E-state index in [2.05, 4.69) is 4.98 Å². The average Bonchev–Trinajstić information content (AvgIpc) is 2.15. The lowest BCUT2D eigenvalue weighted by atomic mass is 9.89. The van der Waals surface area contributed by atoms with Crippen LogP contribution < -0.4 is 0 Å². The first-order valence-electron chi connectivity index (χ1n) is 4.74. The molecule has 0 saturated carbocycles. The highest BCUT2D eigenvalue weighted by molar-refractivity contribution is 5.67. The number of rotatable bonds is 4. The molecule has 1 N–H and O–H groups in total. The third kappa shape index (κ3) is 2.83. The van der Waals surface area contributed by atoms with Gasteiger partial charge in [0, 0.05) is 17.8 Å². The van der Waals surface area contributed by atoms with Crippen LogP contribution in [0.3, 0.4) is 0 Å². The number of carbonyl (C=O) groups is 1. The minimum Gasteiger partial charge on any atom is -0.481 e.